The number of ether oxygens (including phenoxy) is 2. The molecule has 0 saturated heterocycles. The van der Waals surface area contributed by atoms with E-state index in [4.69, 9.17) is 21.1 Å². The summed E-state index contributed by atoms with van der Waals surface area (Å²) in [5.41, 5.74) is 1.80. The van der Waals surface area contributed by atoms with E-state index >= 15 is 0 Å². The Balaban J connectivity index is 2.10. The minimum Gasteiger partial charge on any atom is -0.383 e. The molecule has 0 aliphatic heterocycles. The Morgan fingerprint density at radius 3 is 2.87 bits per heavy atom. The van der Waals surface area contributed by atoms with Crippen LogP contribution in [0.3, 0.4) is 0 Å². The highest BCUT2D eigenvalue weighted by Crippen LogP contribution is 2.26. The zero-order valence-corrected chi connectivity index (χ0v) is 14.7. The van der Waals surface area contributed by atoms with Crippen LogP contribution in [0.15, 0.2) is 23.4 Å². The molecule has 2 aromatic rings. The Bertz CT molecular complexity index is 663. The molecule has 1 aromatic heterocycles. The highest BCUT2D eigenvalue weighted by molar-refractivity contribution is 7.99. The number of imidazole rings is 1. The van der Waals surface area contributed by atoms with Crippen LogP contribution in [0, 0.1) is 0 Å². The molecule has 23 heavy (non-hydrogen) atoms. The molecule has 1 N–H and O–H groups in total. The van der Waals surface area contributed by atoms with Crippen molar-refractivity contribution in [2.75, 3.05) is 39.7 Å². The van der Waals surface area contributed by atoms with Gasteiger partial charge >= 0.3 is 0 Å². The van der Waals surface area contributed by atoms with Crippen LogP contribution in [-0.2, 0) is 20.8 Å². The van der Waals surface area contributed by atoms with Crippen LogP contribution in [0.5, 0.6) is 0 Å². The maximum atomic E-state index is 11.8. The van der Waals surface area contributed by atoms with Crippen LogP contribution < -0.4 is 5.32 Å². The van der Waals surface area contributed by atoms with Gasteiger partial charge in [0.25, 0.3) is 0 Å². The summed E-state index contributed by atoms with van der Waals surface area (Å²) in [4.78, 5) is 16.4. The van der Waals surface area contributed by atoms with Gasteiger partial charge in [-0.1, -0.05) is 23.4 Å². The number of amides is 1. The summed E-state index contributed by atoms with van der Waals surface area (Å²) in [6.45, 7) is 2.25. The van der Waals surface area contributed by atoms with Gasteiger partial charge in [0.15, 0.2) is 5.16 Å². The molecule has 6 nitrogen and oxygen atoms in total. The Hall–Kier alpha value is -1.28. The third-order valence-corrected chi connectivity index (χ3v) is 4.37. The third kappa shape index (κ3) is 5.10. The lowest BCUT2D eigenvalue weighted by molar-refractivity contribution is -0.118. The summed E-state index contributed by atoms with van der Waals surface area (Å²) in [5.74, 6) is 0.253. The van der Waals surface area contributed by atoms with Gasteiger partial charge in [-0.15, -0.1) is 0 Å². The monoisotopic (exact) mass is 357 g/mol. The number of thioether (sulfide) groups is 1. The number of carbonyl (C=O) groups is 1. The average Bonchev–Trinajstić information content (AvgIpc) is 2.87. The van der Waals surface area contributed by atoms with Crippen molar-refractivity contribution in [1.29, 1.82) is 0 Å². The SMILES string of the molecule is COCCNC(=O)CSc1nc2cc(Cl)ccc2n1CCOC. The van der Waals surface area contributed by atoms with Gasteiger partial charge in [-0.25, -0.2) is 4.98 Å². The average molecular weight is 358 g/mol. The standard InChI is InChI=1S/C15H20ClN3O3S/c1-21-7-5-17-14(20)10-23-15-18-12-9-11(16)3-4-13(12)19(15)6-8-22-2/h3-4,9H,5-8,10H2,1-2H3,(H,17,20). The number of methoxy groups -OCH3 is 2. The highest BCUT2D eigenvalue weighted by atomic mass is 35.5. The van der Waals surface area contributed by atoms with Crippen LogP contribution in [0.25, 0.3) is 11.0 Å². The molecule has 0 unspecified atom stereocenters. The number of benzene rings is 1. The largest absolute Gasteiger partial charge is 0.383 e. The smallest absolute Gasteiger partial charge is 0.230 e. The Labute approximate surface area is 144 Å². The first-order valence-corrected chi connectivity index (χ1v) is 8.55. The molecule has 1 amide bonds. The first-order chi connectivity index (χ1) is 11.2. The Morgan fingerprint density at radius 1 is 1.35 bits per heavy atom. The highest BCUT2D eigenvalue weighted by Gasteiger charge is 2.13. The Morgan fingerprint density at radius 2 is 2.13 bits per heavy atom. The van der Waals surface area contributed by atoms with Gasteiger partial charge in [-0.05, 0) is 18.2 Å². The van der Waals surface area contributed by atoms with E-state index in [2.05, 4.69) is 10.3 Å². The minimum absolute atomic E-state index is 0.0459. The first kappa shape index (κ1) is 18.1. The van der Waals surface area contributed by atoms with Gasteiger partial charge in [-0.3, -0.25) is 4.79 Å². The van der Waals surface area contributed by atoms with Crippen molar-refractivity contribution in [2.24, 2.45) is 0 Å². The fraction of sp³-hybridized carbons (Fsp3) is 0.467. The number of nitrogens with one attached hydrogen (secondary N) is 1. The quantitative estimate of drug-likeness (QED) is 0.550. The summed E-state index contributed by atoms with van der Waals surface area (Å²) in [6, 6.07) is 5.59. The number of aromatic nitrogens is 2. The fourth-order valence-electron chi connectivity index (χ4n) is 2.06. The van der Waals surface area contributed by atoms with E-state index in [0.717, 1.165) is 16.2 Å². The molecule has 0 aliphatic rings. The van der Waals surface area contributed by atoms with Crippen LogP contribution in [0.4, 0.5) is 0 Å². The van der Waals surface area contributed by atoms with Gasteiger partial charge in [0, 0.05) is 32.3 Å². The lowest BCUT2D eigenvalue weighted by atomic mass is 10.3. The van der Waals surface area contributed by atoms with Gasteiger partial charge in [0.05, 0.1) is 30.0 Å². The first-order valence-electron chi connectivity index (χ1n) is 7.19. The van der Waals surface area contributed by atoms with Crippen molar-refractivity contribution in [3.63, 3.8) is 0 Å². The summed E-state index contributed by atoms with van der Waals surface area (Å²) in [7, 11) is 3.26. The molecular weight excluding hydrogens is 338 g/mol. The maximum Gasteiger partial charge on any atom is 0.230 e. The van der Waals surface area contributed by atoms with Crippen molar-refractivity contribution in [1.82, 2.24) is 14.9 Å². The minimum atomic E-state index is -0.0459. The number of hydrogen-bond donors (Lipinski definition) is 1. The predicted octanol–water partition coefficient (Wildman–Crippen LogP) is 2.19. The Kier molecular flexibility index (Phi) is 7.16. The van der Waals surface area contributed by atoms with Crippen molar-refractivity contribution < 1.29 is 14.3 Å². The number of rotatable bonds is 9. The number of fused-ring (bicyclic) bond motifs is 1. The molecule has 0 bridgehead atoms. The predicted molar refractivity (Wildman–Crippen MR) is 92.2 cm³/mol. The lowest BCUT2D eigenvalue weighted by Gasteiger charge is -2.08. The van der Waals surface area contributed by atoms with Crippen LogP contribution in [-0.4, -0.2) is 55.2 Å². The molecule has 0 saturated carbocycles. The number of halogens is 1. The second-order valence-corrected chi connectivity index (χ2v) is 6.18. The molecule has 0 fully saturated rings. The molecule has 126 valence electrons. The van der Waals surface area contributed by atoms with E-state index in [-0.39, 0.29) is 5.91 Å². The topological polar surface area (TPSA) is 65.4 Å². The molecular formula is C15H20ClN3O3S. The molecule has 0 aliphatic carbocycles. The van der Waals surface area contributed by atoms with Crippen molar-refractivity contribution in [3.8, 4) is 0 Å². The van der Waals surface area contributed by atoms with Crippen molar-refractivity contribution in [3.05, 3.63) is 23.2 Å². The molecule has 1 aromatic carbocycles. The van der Waals surface area contributed by atoms with E-state index in [1.165, 1.54) is 11.8 Å². The summed E-state index contributed by atoms with van der Waals surface area (Å²) >= 11 is 7.42. The molecule has 1 heterocycles. The summed E-state index contributed by atoms with van der Waals surface area (Å²) in [6.07, 6.45) is 0. The van der Waals surface area contributed by atoms with Gasteiger partial charge < -0.3 is 19.4 Å². The normalized spacial score (nSPS) is 11.1. The van der Waals surface area contributed by atoms with E-state index in [1.54, 1.807) is 14.2 Å². The number of carbonyl (C=O) groups excluding carboxylic acids is 1. The van der Waals surface area contributed by atoms with Crippen LogP contribution in [0.2, 0.25) is 5.02 Å². The van der Waals surface area contributed by atoms with E-state index in [9.17, 15) is 4.79 Å². The van der Waals surface area contributed by atoms with E-state index in [1.807, 2.05) is 22.8 Å². The molecule has 0 radical (unpaired) electrons. The zero-order valence-electron chi connectivity index (χ0n) is 13.2. The van der Waals surface area contributed by atoms with Crippen LogP contribution in [0.1, 0.15) is 0 Å². The van der Waals surface area contributed by atoms with Crippen molar-refractivity contribution >= 4 is 40.3 Å². The number of nitrogens with zero attached hydrogens (tertiary/aromatic N) is 2. The van der Waals surface area contributed by atoms with E-state index < -0.39 is 0 Å². The van der Waals surface area contributed by atoms with Crippen LogP contribution >= 0.6 is 23.4 Å². The second-order valence-electron chi connectivity index (χ2n) is 4.80. The summed E-state index contributed by atoms with van der Waals surface area (Å²) in [5, 5.41) is 4.21. The molecule has 8 heteroatoms. The summed E-state index contributed by atoms with van der Waals surface area (Å²) < 4.78 is 12.1. The van der Waals surface area contributed by atoms with E-state index in [0.29, 0.717) is 37.1 Å². The number of hydrogen-bond acceptors (Lipinski definition) is 5. The molecule has 2 rings (SSSR count). The second kappa shape index (κ2) is 9.12. The lowest BCUT2D eigenvalue weighted by Crippen LogP contribution is -2.28. The third-order valence-electron chi connectivity index (χ3n) is 3.15. The molecule has 0 spiro atoms. The maximum absolute atomic E-state index is 11.8. The van der Waals surface area contributed by atoms with Gasteiger partial charge in [0.1, 0.15) is 0 Å². The molecule has 0 atom stereocenters. The van der Waals surface area contributed by atoms with Gasteiger partial charge in [-0.2, -0.15) is 0 Å². The fourth-order valence-corrected chi connectivity index (χ4v) is 3.10. The van der Waals surface area contributed by atoms with Crippen molar-refractivity contribution in [2.45, 2.75) is 11.7 Å². The van der Waals surface area contributed by atoms with Gasteiger partial charge in [0.2, 0.25) is 5.91 Å². The zero-order chi connectivity index (χ0) is 16.7.